The smallest absolute Gasteiger partial charge is 0.227 e. The highest BCUT2D eigenvalue weighted by Crippen LogP contribution is 2.27. The molecule has 0 unspecified atom stereocenters. The molecular formula is C20H28N4O2. The van der Waals surface area contributed by atoms with Crippen LogP contribution >= 0.6 is 0 Å². The van der Waals surface area contributed by atoms with Crippen LogP contribution in [0, 0.1) is 6.92 Å². The highest BCUT2D eigenvalue weighted by atomic mass is 16.5. The zero-order valence-electron chi connectivity index (χ0n) is 15.9. The van der Waals surface area contributed by atoms with E-state index in [1.165, 1.54) is 24.8 Å². The summed E-state index contributed by atoms with van der Waals surface area (Å²) in [7, 11) is 3.31. The summed E-state index contributed by atoms with van der Waals surface area (Å²) in [6, 6.07) is 8.03. The Morgan fingerprint density at radius 3 is 2.50 bits per heavy atom. The maximum Gasteiger partial charge on any atom is 0.227 e. The third-order valence-corrected chi connectivity index (χ3v) is 4.65. The lowest BCUT2D eigenvalue weighted by molar-refractivity contribution is 0.354. The second-order valence-corrected chi connectivity index (χ2v) is 6.61. The van der Waals surface area contributed by atoms with Gasteiger partial charge in [-0.15, -0.1) is 0 Å². The van der Waals surface area contributed by atoms with Gasteiger partial charge in [-0.25, -0.2) is 4.98 Å². The summed E-state index contributed by atoms with van der Waals surface area (Å²) in [5.74, 6) is 3.24. The molecule has 1 saturated heterocycles. The van der Waals surface area contributed by atoms with Crippen molar-refractivity contribution in [1.29, 1.82) is 0 Å². The fraction of sp³-hybridized carbons (Fsp3) is 0.500. The van der Waals surface area contributed by atoms with Gasteiger partial charge in [-0.1, -0.05) is 6.07 Å². The molecule has 1 aliphatic rings. The van der Waals surface area contributed by atoms with Crippen molar-refractivity contribution in [3.05, 3.63) is 35.5 Å². The zero-order chi connectivity index (χ0) is 18.4. The summed E-state index contributed by atoms with van der Waals surface area (Å²) < 4.78 is 10.7. The van der Waals surface area contributed by atoms with Crippen LogP contribution in [0.15, 0.2) is 24.3 Å². The molecule has 1 fully saturated rings. The van der Waals surface area contributed by atoms with Gasteiger partial charge >= 0.3 is 0 Å². The number of aryl methyl sites for hydroxylation is 1. The number of anilines is 2. The first-order chi connectivity index (χ1) is 12.7. The van der Waals surface area contributed by atoms with E-state index in [4.69, 9.17) is 14.5 Å². The van der Waals surface area contributed by atoms with Gasteiger partial charge in [0.15, 0.2) is 11.5 Å². The number of ether oxygens (including phenoxy) is 2. The number of piperidine rings is 1. The molecule has 26 heavy (non-hydrogen) atoms. The van der Waals surface area contributed by atoms with Gasteiger partial charge in [0.1, 0.15) is 5.82 Å². The largest absolute Gasteiger partial charge is 0.493 e. The van der Waals surface area contributed by atoms with E-state index in [0.29, 0.717) is 0 Å². The number of methoxy groups -OCH3 is 2. The van der Waals surface area contributed by atoms with Crippen LogP contribution in [-0.4, -0.2) is 43.8 Å². The average molecular weight is 356 g/mol. The molecule has 3 rings (SSSR count). The molecule has 6 heteroatoms. The molecule has 0 radical (unpaired) electrons. The van der Waals surface area contributed by atoms with Gasteiger partial charge < -0.3 is 19.7 Å². The van der Waals surface area contributed by atoms with Crippen LogP contribution in [0.1, 0.15) is 30.5 Å². The van der Waals surface area contributed by atoms with Crippen molar-refractivity contribution in [2.75, 3.05) is 44.1 Å². The minimum atomic E-state index is 0.752. The van der Waals surface area contributed by atoms with Gasteiger partial charge in [0.25, 0.3) is 0 Å². The normalized spacial score (nSPS) is 14.2. The highest BCUT2D eigenvalue weighted by Gasteiger charge is 2.14. The van der Waals surface area contributed by atoms with E-state index in [9.17, 15) is 0 Å². The predicted octanol–water partition coefficient (Wildman–Crippen LogP) is 3.45. The Kier molecular flexibility index (Phi) is 6.15. The van der Waals surface area contributed by atoms with E-state index in [1.54, 1.807) is 14.2 Å². The Hall–Kier alpha value is -2.50. The Morgan fingerprint density at radius 1 is 1.00 bits per heavy atom. The predicted molar refractivity (Wildman–Crippen MR) is 105 cm³/mol. The molecule has 1 aromatic carbocycles. The van der Waals surface area contributed by atoms with E-state index in [1.807, 2.05) is 25.1 Å². The molecule has 0 spiro atoms. The Balaban J connectivity index is 1.62. The minimum Gasteiger partial charge on any atom is -0.493 e. The van der Waals surface area contributed by atoms with E-state index in [2.05, 4.69) is 21.3 Å². The number of rotatable bonds is 7. The quantitative estimate of drug-likeness (QED) is 0.820. The van der Waals surface area contributed by atoms with E-state index in [-0.39, 0.29) is 0 Å². The molecule has 1 aliphatic heterocycles. The van der Waals surface area contributed by atoms with Crippen molar-refractivity contribution in [2.45, 2.75) is 32.6 Å². The van der Waals surface area contributed by atoms with Crippen molar-refractivity contribution in [3.8, 4) is 11.5 Å². The number of hydrogen-bond acceptors (Lipinski definition) is 6. The van der Waals surface area contributed by atoms with Crippen LogP contribution < -0.4 is 19.7 Å². The molecule has 0 bridgehead atoms. The van der Waals surface area contributed by atoms with Crippen LogP contribution in [-0.2, 0) is 6.42 Å². The topological polar surface area (TPSA) is 59.5 Å². The molecule has 2 aromatic rings. The van der Waals surface area contributed by atoms with Gasteiger partial charge in [-0.05, 0) is 50.3 Å². The fourth-order valence-corrected chi connectivity index (χ4v) is 3.25. The molecule has 0 aliphatic carbocycles. The third-order valence-electron chi connectivity index (χ3n) is 4.65. The standard InChI is InChI=1S/C20H28N4O2/c1-15-13-19(23-20(22-15)24-11-5-4-6-12-24)21-10-9-16-7-8-17(25-2)18(14-16)26-3/h7-8,13-14H,4-6,9-12H2,1-3H3,(H,21,22,23). The van der Waals surface area contributed by atoms with Crippen molar-refractivity contribution in [1.82, 2.24) is 9.97 Å². The minimum absolute atomic E-state index is 0.752. The molecule has 1 N–H and O–H groups in total. The van der Waals surface area contributed by atoms with Crippen molar-refractivity contribution in [2.24, 2.45) is 0 Å². The summed E-state index contributed by atoms with van der Waals surface area (Å²) in [5.41, 5.74) is 2.19. The molecule has 0 amide bonds. The number of nitrogens with one attached hydrogen (secondary N) is 1. The average Bonchev–Trinajstić information content (AvgIpc) is 2.68. The lowest BCUT2D eigenvalue weighted by atomic mass is 10.1. The summed E-state index contributed by atoms with van der Waals surface area (Å²) in [5, 5.41) is 3.43. The van der Waals surface area contributed by atoms with Gasteiger partial charge in [0, 0.05) is 31.4 Å². The summed E-state index contributed by atoms with van der Waals surface area (Å²) >= 11 is 0. The molecule has 140 valence electrons. The number of nitrogens with zero attached hydrogens (tertiary/aromatic N) is 3. The maximum atomic E-state index is 5.37. The molecule has 6 nitrogen and oxygen atoms in total. The summed E-state index contributed by atoms with van der Waals surface area (Å²) in [6.07, 6.45) is 4.62. The van der Waals surface area contributed by atoms with Gasteiger partial charge in [0.2, 0.25) is 5.95 Å². The monoisotopic (exact) mass is 356 g/mol. The van der Waals surface area contributed by atoms with Crippen molar-refractivity contribution in [3.63, 3.8) is 0 Å². The maximum absolute atomic E-state index is 5.37. The summed E-state index contributed by atoms with van der Waals surface area (Å²) in [6.45, 7) is 4.92. The molecular weight excluding hydrogens is 328 g/mol. The number of aromatic nitrogens is 2. The third kappa shape index (κ3) is 4.56. The zero-order valence-corrected chi connectivity index (χ0v) is 15.9. The van der Waals surface area contributed by atoms with Gasteiger partial charge in [-0.2, -0.15) is 4.98 Å². The first kappa shape index (κ1) is 18.3. The lowest BCUT2D eigenvalue weighted by Crippen LogP contribution is -2.31. The van der Waals surface area contributed by atoms with Crippen LogP contribution in [0.2, 0.25) is 0 Å². The Bertz CT molecular complexity index is 730. The second-order valence-electron chi connectivity index (χ2n) is 6.61. The van der Waals surface area contributed by atoms with E-state index < -0.39 is 0 Å². The number of benzene rings is 1. The Morgan fingerprint density at radius 2 is 1.77 bits per heavy atom. The molecule has 0 saturated carbocycles. The lowest BCUT2D eigenvalue weighted by Gasteiger charge is -2.27. The SMILES string of the molecule is COc1ccc(CCNc2cc(C)nc(N3CCCCC3)n2)cc1OC. The molecule has 1 aromatic heterocycles. The van der Waals surface area contributed by atoms with Crippen LogP contribution in [0.3, 0.4) is 0 Å². The first-order valence-corrected chi connectivity index (χ1v) is 9.25. The number of hydrogen-bond donors (Lipinski definition) is 1. The van der Waals surface area contributed by atoms with Crippen LogP contribution in [0.4, 0.5) is 11.8 Å². The van der Waals surface area contributed by atoms with Crippen LogP contribution in [0.5, 0.6) is 11.5 Å². The highest BCUT2D eigenvalue weighted by molar-refractivity contribution is 5.45. The van der Waals surface area contributed by atoms with E-state index >= 15 is 0 Å². The van der Waals surface area contributed by atoms with Crippen molar-refractivity contribution >= 4 is 11.8 Å². The molecule has 0 atom stereocenters. The summed E-state index contributed by atoms with van der Waals surface area (Å²) in [4.78, 5) is 11.6. The van der Waals surface area contributed by atoms with Gasteiger partial charge in [0.05, 0.1) is 14.2 Å². The van der Waals surface area contributed by atoms with Crippen LogP contribution in [0.25, 0.3) is 0 Å². The second kappa shape index (κ2) is 8.74. The van der Waals surface area contributed by atoms with E-state index in [0.717, 1.165) is 55.0 Å². The Labute approximate surface area is 155 Å². The fourth-order valence-electron chi connectivity index (χ4n) is 3.25. The van der Waals surface area contributed by atoms with Gasteiger partial charge in [-0.3, -0.25) is 0 Å². The first-order valence-electron chi connectivity index (χ1n) is 9.25. The van der Waals surface area contributed by atoms with Crippen molar-refractivity contribution < 1.29 is 9.47 Å². The molecule has 2 heterocycles.